The van der Waals surface area contributed by atoms with Crippen LogP contribution < -0.4 is 5.32 Å². The molecule has 3 nitrogen and oxygen atoms in total. The normalized spacial score (nSPS) is 21.1. The van der Waals surface area contributed by atoms with E-state index >= 15 is 0 Å². The topological polar surface area (TPSA) is 28.2 Å². The Bertz CT molecular complexity index is 280. The third kappa shape index (κ3) is 2.76. The van der Waals surface area contributed by atoms with E-state index in [4.69, 9.17) is 0 Å². The summed E-state index contributed by atoms with van der Waals surface area (Å²) in [5, 5.41) is 3.42. The van der Waals surface area contributed by atoms with Crippen LogP contribution in [0.5, 0.6) is 0 Å². The van der Waals surface area contributed by atoms with Gasteiger partial charge in [0.2, 0.25) is 0 Å². The molecule has 0 bridgehead atoms. The predicted molar refractivity (Wildman–Crippen MR) is 61.6 cm³/mol. The maximum Gasteiger partial charge on any atom is 0.0271 e. The Kier molecular flexibility index (Phi) is 3.69. The highest BCUT2D eigenvalue weighted by atomic mass is 15.2. The van der Waals surface area contributed by atoms with Crippen LogP contribution in [0.2, 0.25) is 0 Å². The van der Waals surface area contributed by atoms with Gasteiger partial charge in [-0.05, 0) is 37.2 Å². The Balaban J connectivity index is 1.96. The summed E-state index contributed by atoms with van der Waals surface area (Å²) in [6.45, 7) is 6.70. The van der Waals surface area contributed by atoms with Gasteiger partial charge in [0, 0.05) is 31.5 Å². The number of aromatic nitrogens is 1. The smallest absolute Gasteiger partial charge is 0.0271 e. The Labute approximate surface area is 91.5 Å². The van der Waals surface area contributed by atoms with Crippen molar-refractivity contribution in [2.24, 2.45) is 0 Å². The number of hydrogen-bond acceptors (Lipinski definition) is 3. The van der Waals surface area contributed by atoms with Crippen LogP contribution in [-0.4, -0.2) is 35.6 Å². The largest absolute Gasteiger partial charge is 0.315 e. The van der Waals surface area contributed by atoms with Gasteiger partial charge in [-0.3, -0.25) is 9.88 Å². The van der Waals surface area contributed by atoms with Gasteiger partial charge in [-0.15, -0.1) is 0 Å². The molecule has 1 unspecified atom stereocenters. The monoisotopic (exact) mass is 205 g/mol. The average Bonchev–Trinajstić information content (AvgIpc) is 2.81. The van der Waals surface area contributed by atoms with Crippen molar-refractivity contribution in [1.29, 1.82) is 0 Å². The molecule has 1 aliphatic heterocycles. The second-order valence-electron chi connectivity index (χ2n) is 4.07. The molecule has 0 spiro atoms. The van der Waals surface area contributed by atoms with E-state index in [1.54, 1.807) is 0 Å². The number of likely N-dealkylation sites (N-methyl/N-ethyl adjacent to an activating group) is 1. The van der Waals surface area contributed by atoms with Crippen molar-refractivity contribution in [3.05, 3.63) is 30.1 Å². The second kappa shape index (κ2) is 5.24. The van der Waals surface area contributed by atoms with Crippen LogP contribution in [0.4, 0.5) is 0 Å². The van der Waals surface area contributed by atoms with Crippen LogP contribution in [0.3, 0.4) is 0 Å². The SMILES string of the molecule is CCN(Cc1ccncc1)C1CCNC1. The van der Waals surface area contributed by atoms with Crippen molar-refractivity contribution in [3.8, 4) is 0 Å². The number of rotatable bonds is 4. The Morgan fingerprint density at radius 1 is 1.47 bits per heavy atom. The van der Waals surface area contributed by atoms with Crippen LogP contribution in [0, 0.1) is 0 Å². The highest BCUT2D eigenvalue weighted by Crippen LogP contribution is 2.12. The van der Waals surface area contributed by atoms with Gasteiger partial charge in [-0.25, -0.2) is 0 Å². The minimum Gasteiger partial charge on any atom is -0.315 e. The fourth-order valence-corrected chi connectivity index (χ4v) is 2.17. The third-order valence-electron chi connectivity index (χ3n) is 3.09. The molecule has 2 heterocycles. The molecular formula is C12H19N3. The van der Waals surface area contributed by atoms with Crippen molar-refractivity contribution in [2.75, 3.05) is 19.6 Å². The van der Waals surface area contributed by atoms with Crippen molar-refractivity contribution >= 4 is 0 Å². The summed E-state index contributed by atoms with van der Waals surface area (Å²) < 4.78 is 0. The Hall–Kier alpha value is -0.930. The maximum atomic E-state index is 4.05. The summed E-state index contributed by atoms with van der Waals surface area (Å²) in [7, 11) is 0. The van der Waals surface area contributed by atoms with Crippen LogP contribution in [0.25, 0.3) is 0 Å². The minimum atomic E-state index is 0.711. The first-order chi connectivity index (χ1) is 7.40. The summed E-state index contributed by atoms with van der Waals surface area (Å²) in [6.07, 6.45) is 5.02. The zero-order chi connectivity index (χ0) is 10.5. The molecule has 1 aromatic rings. The van der Waals surface area contributed by atoms with Crippen molar-refractivity contribution < 1.29 is 0 Å². The molecule has 1 N–H and O–H groups in total. The lowest BCUT2D eigenvalue weighted by molar-refractivity contribution is 0.210. The van der Waals surface area contributed by atoms with E-state index in [2.05, 4.69) is 34.3 Å². The van der Waals surface area contributed by atoms with E-state index in [9.17, 15) is 0 Å². The molecule has 0 aromatic carbocycles. The summed E-state index contributed by atoms with van der Waals surface area (Å²) >= 11 is 0. The molecule has 15 heavy (non-hydrogen) atoms. The quantitative estimate of drug-likeness (QED) is 0.802. The summed E-state index contributed by atoms with van der Waals surface area (Å²) in [4.78, 5) is 6.58. The van der Waals surface area contributed by atoms with Crippen LogP contribution >= 0.6 is 0 Å². The van der Waals surface area contributed by atoms with Gasteiger partial charge < -0.3 is 5.32 Å². The molecular weight excluding hydrogens is 186 g/mol. The van der Waals surface area contributed by atoms with Gasteiger partial charge in [0.1, 0.15) is 0 Å². The molecule has 1 aromatic heterocycles. The Morgan fingerprint density at radius 2 is 2.27 bits per heavy atom. The predicted octanol–water partition coefficient (Wildman–Crippen LogP) is 1.27. The van der Waals surface area contributed by atoms with E-state index in [1.807, 2.05) is 12.4 Å². The highest BCUT2D eigenvalue weighted by Gasteiger charge is 2.20. The minimum absolute atomic E-state index is 0.711. The van der Waals surface area contributed by atoms with E-state index in [0.717, 1.165) is 26.2 Å². The van der Waals surface area contributed by atoms with Crippen LogP contribution in [-0.2, 0) is 6.54 Å². The van der Waals surface area contributed by atoms with E-state index in [1.165, 1.54) is 12.0 Å². The first-order valence-electron chi connectivity index (χ1n) is 5.74. The fourth-order valence-electron chi connectivity index (χ4n) is 2.17. The molecule has 82 valence electrons. The molecule has 0 radical (unpaired) electrons. The third-order valence-corrected chi connectivity index (χ3v) is 3.09. The summed E-state index contributed by atoms with van der Waals surface area (Å²) in [6, 6.07) is 4.92. The maximum absolute atomic E-state index is 4.05. The lowest BCUT2D eigenvalue weighted by Gasteiger charge is -2.26. The summed E-state index contributed by atoms with van der Waals surface area (Å²) in [5.41, 5.74) is 1.36. The molecule has 3 heteroatoms. The van der Waals surface area contributed by atoms with Gasteiger partial charge in [-0.1, -0.05) is 6.92 Å². The standard InChI is InChI=1S/C12H19N3/c1-2-15(12-5-8-14-9-12)10-11-3-6-13-7-4-11/h3-4,6-7,12,14H,2,5,8-10H2,1H3. The van der Waals surface area contributed by atoms with Crippen molar-refractivity contribution in [3.63, 3.8) is 0 Å². The average molecular weight is 205 g/mol. The number of nitrogens with one attached hydrogen (secondary N) is 1. The number of pyridine rings is 1. The first-order valence-corrected chi connectivity index (χ1v) is 5.74. The molecule has 2 rings (SSSR count). The number of nitrogens with zero attached hydrogens (tertiary/aromatic N) is 2. The van der Waals surface area contributed by atoms with E-state index in [-0.39, 0.29) is 0 Å². The molecule has 1 aliphatic rings. The lowest BCUT2D eigenvalue weighted by Crippen LogP contribution is -2.36. The highest BCUT2D eigenvalue weighted by molar-refractivity contribution is 5.09. The van der Waals surface area contributed by atoms with Crippen LogP contribution in [0.1, 0.15) is 18.9 Å². The number of hydrogen-bond donors (Lipinski definition) is 1. The Morgan fingerprint density at radius 3 is 2.87 bits per heavy atom. The molecule has 0 amide bonds. The van der Waals surface area contributed by atoms with Gasteiger partial charge >= 0.3 is 0 Å². The van der Waals surface area contributed by atoms with Crippen molar-refractivity contribution in [1.82, 2.24) is 15.2 Å². The van der Waals surface area contributed by atoms with Crippen molar-refractivity contribution in [2.45, 2.75) is 25.9 Å². The van der Waals surface area contributed by atoms with E-state index < -0.39 is 0 Å². The molecule has 1 saturated heterocycles. The summed E-state index contributed by atoms with van der Waals surface area (Å²) in [5.74, 6) is 0. The van der Waals surface area contributed by atoms with Gasteiger partial charge in [-0.2, -0.15) is 0 Å². The second-order valence-corrected chi connectivity index (χ2v) is 4.07. The van der Waals surface area contributed by atoms with E-state index in [0.29, 0.717) is 6.04 Å². The molecule has 1 fully saturated rings. The lowest BCUT2D eigenvalue weighted by atomic mass is 10.2. The van der Waals surface area contributed by atoms with Gasteiger partial charge in [0.05, 0.1) is 0 Å². The van der Waals surface area contributed by atoms with Gasteiger partial charge in [0.25, 0.3) is 0 Å². The molecule has 0 aliphatic carbocycles. The van der Waals surface area contributed by atoms with Gasteiger partial charge in [0.15, 0.2) is 0 Å². The zero-order valence-electron chi connectivity index (χ0n) is 9.32. The molecule has 1 atom stereocenters. The molecule has 0 saturated carbocycles. The van der Waals surface area contributed by atoms with Crippen LogP contribution in [0.15, 0.2) is 24.5 Å². The zero-order valence-corrected chi connectivity index (χ0v) is 9.32. The fraction of sp³-hybridized carbons (Fsp3) is 0.583. The first kappa shape index (κ1) is 10.6.